The van der Waals surface area contributed by atoms with Gasteiger partial charge in [0.05, 0.1) is 6.10 Å². The average Bonchev–Trinajstić information content (AvgIpc) is 2.00. The molecule has 1 aliphatic carbocycles. The van der Waals surface area contributed by atoms with E-state index in [-0.39, 0.29) is 6.10 Å². The molecule has 0 saturated heterocycles. The molecule has 0 spiro atoms. The van der Waals surface area contributed by atoms with Crippen molar-refractivity contribution in [1.82, 2.24) is 5.32 Å². The van der Waals surface area contributed by atoms with Crippen LogP contribution in [0, 0.1) is 0 Å². The van der Waals surface area contributed by atoms with Crippen molar-refractivity contribution in [3.05, 3.63) is 0 Å². The van der Waals surface area contributed by atoms with E-state index in [0.717, 1.165) is 19.4 Å². The Hall–Kier alpha value is -0.0800. The molecule has 72 valence electrons. The lowest BCUT2D eigenvalue weighted by molar-refractivity contribution is 0.0626. The van der Waals surface area contributed by atoms with Gasteiger partial charge in [0.2, 0.25) is 0 Å². The third-order valence-corrected chi connectivity index (χ3v) is 2.58. The van der Waals surface area contributed by atoms with Crippen LogP contribution >= 0.6 is 0 Å². The van der Waals surface area contributed by atoms with E-state index < -0.39 is 0 Å². The molecule has 0 atom stereocenters. The molecule has 0 bridgehead atoms. The number of rotatable bonds is 6. The lowest BCUT2D eigenvalue weighted by atomic mass is 9.89. The molecule has 0 heterocycles. The van der Waals surface area contributed by atoms with Gasteiger partial charge in [0.1, 0.15) is 0 Å². The molecule has 0 aromatic rings. The van der Waals surface area contributed by atoms with E-state index >= 15 is 0 Å². The van der Waals surface area contributed by atoms with Gasteiger partial charge in [0.25, 0.3) is 0 Å². The molecule has 12 heavy (non-hydrogen) atoms. The molecular weight excluding hydrogens is 150 g/mol. The molecule has 1 saturated carbocycles. The van der Waals surface area contributed by atoms with Crippen molar-refractivity contribution in [1.29, 1.82) is 0 Å². The molecule has 0 unspecified atom stereocenters. The molecule has 2 N–H and O–H groups in total. The molecule has 1 aliphatic rings. The second-order valence-electron chi connectivity index (χ2n) is 3.84. The molecule has 0 aliphatic heterocycles. The summed E-state index contributed by atoms with van der Waals surface area (Å²) >= 11 is 0. The topological polar surface area (TPSA) is 32.3 Å². The lowest BCUT2D eigenvalue weighted by Crippen LogP contribution is -2.44. The Morgan fingerprint density at radius 3 is 2.58 bits per heavy atom. The maximum atomic E-state index is 9.02. The van der Waals surface area contributed by atoms with Gasteiger partial charge in [-0.25, -0.2) is 0 Å². The van der Waals surface area contributed by atoms with Crippen LogP contribution in [0.5, 0.6) is 0 Å². The molecule has 0 aromatic carbocycles. The van der Waals surface area contributed by atoms with Crippen LogP contribution in [0.25, 0.3) is 0 Å². The first-order valence-electron chi connectivity index (χ1n) is 5.24. The van der Waals surface area contributed by atoms with Crippen molar-refractivity contribution in [3.8, 4) is 0 Å². The van der Waals surface area contributed by atoms with Crippen LogP contribution in [0.2, 0.25) is 0 Å². The minimum absolute atomic E-state index is 0.0156. The number of aliphatic hydroxyl groups excluding tert-OH is 1. The number of nitrogens with one attached hydrogen (secondary N) is 1. The van der Waals surface area contributed by atoms with Gasteiger partial charge in [-0.3, -0.25) is 0 Å². The van der Waals surface area contributed by atoms with Gasteiger partial charge in [-0.15, -0.1) is 0 Å². The van der Waals surface area contributed by atoms with Crippen LogP contribution in [-0.2, 0) is 0 Å². The monoisotopic (exact) mass is 171 g/mol. The number of aliphatic hydroxyl groups is 1. The van der Waals surface area contributed by atoms with Crippen LogP contribution in [0.1, 0.15) is 45.4 Å². The fourth-order valence-electron chi connectivity index (χ4n) is 1.61. The number of unbranched alkanes of at least 4 members (excludes halogenated alkanes) is 3. The Labute approximate surface area is 75.4 Å². The lowest BCUT2D eigenvalue weighted by Gasteiger charge is -2.32. The Bertz CT molecular complexity index is 110. The van der Waals surface area contributed by atoms with Gasteiger partial charge >= 0.3 is 0 Å². The Kier molecular flexibility index (Phi) is 4.62. The second kappa shape index (κ2) is 5.55. The molecule has 1 fully saturated rings. The third-order valence-electron chi connectivity index (χ3n) is 2.58. The van der Waals surface area contributed by atoms with Crippen LogP contribution < -0.4 is 5.32 Å². The first kappa shape index (κ1) is 10.0. The summed E-state index contributed by atoms with van der Waals surface area (Å²) in [6, 6.07) is 0.613. The summed E-state index contributed by atoms with van der Waals surface area (Å²) in [4.78, 5) is 0. The first-order chi connectivity index (χ1) is 5.83. The summed E-state index contributed by atoms with van der Waals surface area (Å²) in [5.74, 6) is 0. The molecule has 1 rings (SSSR count). The zero-order chi connectivity index (χ0) is 8.81. The van der Waals surface area contributed by atoms with Gasteiger partial charge in [-0.2, -0.15) is 0 Å². The van der Waals surface area contributed by atoms with E-state index in [9.17, 15) is 0 Å². The van der Waals surface area contributed by atoms with Crippen molar-refractivity contribution >= 4 is 0 Å². The number of hydrogen-bond donors (Lipinski definition) is 2. The van der Waals surface area contributed by atoms with E-state index in [1.54, 1.807) is 0 Å². The van der Waals surface area contributed by atoms with Crippen molar-refractivity contribution in [2.45, 2.75) is 57.6 Å². The van der Waals surface area contributed by atoms with Crippen molar-refractivity contribution < 1.29 is 5.11 Å². The maximum absolute atomic E-state index is 9.02. The highest BCUT2D eigenvalue weighted by molar-refractivity contribution is 4.84. The SMILES string of the molecule is CCCCCCNC1CC(O)C1. The van der Waals surface area contributed by atoms with Gasteiger partial charge in [-0.05, 0) is 25.8 Å². The summed E-state index contributed by atoms with van der Waals surface area (Å²) in [6.07, 6.45) is 7.22. The smallest absolute Gasteiger partial charge is 0.0570 e. The van der Waals surface area contributed by atoms with Crippen LogP contribution in [-0.4, -0.2) is 23.8 Å². The predicted molar refractivity (Wildman–Crippen MR) is 51.2 cm³/mol. The van der Waals surface area contributed by atoms with Gasteiger partial charge in [-0.1, -0.05) is 26.2 Å². The molecule has 2 nitrogen and oxygen atoms in total. The molecular formula is C10H21NO. The summed E-state index contributed by atoms with van der Waals surface area (Å²) in [5.41, 5.74) is 0. The minimum Gasteiger partial charge on any atom is -0.393 e. The normalized spacial score (nSPS) is 28.5. The molecule has 0 radical (unpaired) electrons. The Balaban J connectivity index is 1.77. The Morgan fingerprint density at radius 2 is 2.00 bits per heavy atom. The quantitative estimate of drug-likeness (QED) is 0.596. The maximum Gasteiger partial charge on any atom is 0.0570 e. The van der Waals surface area contributed by atoms with E-state index in [1.807, 2.05) is 0 Å². The highest BCUT2D eigenvalue weighted by Crippen LogP contribution is 2.19. The second-order valence-corrected chi connectivity index (χ2v) is 3.84. The predicted octanol–water partition coefficient (Wildman–Crippen LogP) is 1.68. The van der Waals surface area contributed by atoms with Crippen LogP contribution in [0.15, 0.2) is 0 Å². The number of hydrogen-bond acceptors (Lipinski definition) is 2. The standard InChI is InChI=1S/C10H21NO/c1-2-3-4-5-6-11-9-7-10(12)8-9/h9-12H,2-8H2,1H3. The highest BCUT2D eigenvalue weighted by atomic mass is 16.3. The van der Waals surface area contributed by atoms with Gasteiger partial charge < -0.3 is 10.4 Å². The van der Waals surface area contributed by atoms with E-state index in [2.05, 4.69) is 12.2 Å². The zero-order valence-corrected chi connectivity index (χ0v) is 8.05. The highest BCUT2D eigenvalue weighted by Gasteiger charge is 2.25. The average molecular weight is 171 g/mol. The Morgan fingerprint density at radius 1 is 1.25 bits per heavy atom. The van der Waals surface area contributed by atoms with Crippen molar-refractivity contribution in [2.24, 2.45) is 0 Å². The van der Waals surface area contributed by atoms with E-state index in [4.69, 9.17) is 5.11 Å². The van der Waals surface area contributed by atoms with Crippen LogP contribution in [0.3, 0.4) is 0 Å². The van der Waals surface area contributed by atoms with Crippen LogP contribution in [0.4, 0.5) is 0 Å². The minimum atomic E-state index is -0.0156. The van der Waals surface area contributed by atoms with Gasteiger partial charge in [0, 0.05) is 6.04 Å². The fourth-order valence-corrected chi connectivity index (χ4v) is 1.61. The largest absolute Gasteiger partial charge is 0.393 e. The molecule has 0 aromatic heterocycles. The summed E-state index contributed by atoms with van der Waals surface area (Å²) < 4.78 is 0. The fraction of sp³-hybridized carbons (Fsp3) is 1.00. The molecule has 2 heteroatoms. The third kappa shape index (κ3) is 3.55. The molecule has 0 amide bonds. The summed E-state index contributed by atoms with van der Waals surface area (Å²) in [6.45, 7) is 3.37. The van der Waals surface area contributed by atoms with E-state index in [0.29, 0.717) is 6.04 Å². The van der Waals surface area contributed by atoms with Gasteiger partial charge in [0.15, 0.2) is 0 Å². The zero-order valence-electron chi connectivity index (χ0n) is 8.05. The van der Waals surface area contributed by atoms with Crippen molar-refractivity contribution in [3.63, 3.8) is 0 Å². The summed E-state index contributed by atoms with van der Waals surface area (Å²) in [5, 5.41) is 12.5. The summed E-state index contributed by atoms with van der Waals surface area (Å²) in [7, 11) is 0. The van der Waals surface area contributed by atoms with E-state index in [1.165, 1.54) is 25.7 Å². The van der Waals surface area contributed by atoms with Crippen molar-refractivity contribution in [2.75, 3.05) is 6.54 Å². The first-order valence-corrected chi connectivity index (χ1v) is 5.24.